The molecule has 1 rings (SSSR count). The van der Waals surface area contributed by atoms with Gasteiger partial charge in [0, 0.05) is 22.1 Å². The Morgan fingerprint density at radius 2 is 1.94 bits per heavy atom. The Morgan fingerprint density at radius 1 is 1.31 bits per heavy atom. The van der Waals surface area contributed by atoms with E-state index in [-0.39, 0.29) is 5.78 Å². The summed E-state index contributed by atoms with van der Waals surface area (Å²) < 4.78 is 0.861. The second kappa shape index (κ2) is 6.04. The normalized spacial score (nSPS) is 10.8. The van der Waals surface area contributed by atoms with E-state index in [9.17, 15) is 4.79 Å². The van der Waals surface area contributed by atoms with E-state index in [4.69, 9.17) is 5.73 Å². The molecular weight excluding hydrogens is 266 g/mol. The molecule has 0 bridgehead atoms. The van der Waals surface area contributed by atoms with Crippen LogP contribution in [0.2, 0.25) is 0 Å². The topological polar surface area (TPSA) is 43.1 Å². The SMILES string of the molecule is CCC(CC)CC(=O)c1cc(N)cc(Br)c1. The number of carbonyl (C=O) groups excluding carboxylic acids is 1. The summed E-state index contributed by atoms with van der Waals surface area (Å²) in [5.74, 6) is 0.661. The van der Waals surface area contributed by atoms with Crippen LogP contribution in [0.15, 0.2) is 22.7 Å². The maximum atomic E-state index is 12.0. The third kappa shape index (κ3) is 3.63. The van der Waals surface area contributed by atoms with Gasteiger partial charge in [0.2, 0.25) is 0 Å². The number of anilines is 1. The van der Waals surface area contributed by atoms with Crippen LogP contribution >= 0.6 is 15.9 Å². The number of nitrogen functional groups attached to an aromatic ring is 1. The lowest BCUT2D eigenvalue weighted by Gasteiger charge is -2.11. The smallest absolute Gasteiger partial charge is 0.163 e. The van der Waals surface area contributed by atoms with Crippen molar-refractivity contribution in [2.45, 2.75) is 33.1 Å². The van der Waals surface area contributed by atoms with Gasteiger partial charge in [0.05, 0.1) is 0 Å². The highest BCUT2D eigenvalue weighted by atomic mass is 79.9. The minimum Gasteiger partial charge on any atom is -0.399 e. The molecule has 16 heavy (non-hydrogen) atoms. The fraction of sp³-hybridized carbons (Fsp3) is 0.462. The van der Waals surface area contributed by atoms with Crippen molar-refractivity contribution in [3.8, 4) is 0 Å². The van der Waals surface area contributed by atoms with Crippen molar-refractivity contribution in [2.24, 2.45) is 5.92 Å². The first-order chi connectivity index (χ1) is 7.56. The average Bonchev–Trinajstić information content (AvgIpc) is 2.24. The molecule has 0 aliphatic rings. The third-order valence-electron chi connectivity index (χ3n) is 2.87. The fourth-order valence-corrected chi connectivity index (χ4v) is 2.24. The lowest BCUT2D eigenvalue weighted by Crippen LogP contribution is -2.08. The van der Waals surface area contributed by atoms with Gasteiger partial charge in [0.1, 0.15) is 0 Å². The molecule has 0 unspecified atom stereocenters. The molecule has 0 amide bonds. The molecule has 0 aliphatic heterocycles. The van der Waals surface area contributed by atoms with Gasteiger partial charge in [-0.1, -0.05) is 42.6 Å². The molecule has 1 aromatic rings. The monoisotopic (exact) mass is 283 g/mol. The molecule has 0 saturated carbocycles. The summed E-state index contributed by atoms with van der Waals surface area (Å²) in [6.45, 7) is 4.24. The summed E-state index contributed by atoms with van der Waals surface area (Å²) in [6, 6.07) is 5.38. The first kappa shape index (κ1) is 13.2. The van der Waals surface area contributed by atoms with Gasteiger partial charge in [0.15, 0.2) is 5.78 Å². The zero-order valence-electron chi connectivity index (χ0n) is 9.79. The van der Waals surface area contributed by atoms with E-state index < -0.39 is 0 Å². The third-order valence-corrected chi connectivity index (χ3v) is 3.33. The fourth-order valence-electron chi connectivity index (χ4n) is 1.73. The van der Waals surface area contributed by atoms with E-state index in [0.717, 1.165) is 17.3 Å². The summed E-state index contributed by atoms with van der Waals surface area (Å²) >= 11 is 3.35. The summed E-state index contributed by atoms with van der Waals surface area (Å²) in [7, 11) is 0. The van der Waals surface area contributed by atoms with Gasteiger partial charge in [-0.25, -0.2) is 0 Å². The van der Waals surface area contributed by atoms with E-state index in [2.05, 4.69) is 29.8 Å². The van der Waals surface area contributed by atoms with Gasteiger partial charge in [-0.15, -0.1) is 0 Å². The number of benzene rings is 1. The molecule has 0 aromatic heterocycles. The second-order valence-electron chi connectivity index (χ2n) is 4.08. The molecule has 0 saturated heterocycles. The Kier molecular flexibility index (Phi) is 5.00. The van der Waals surface area contributed by atoms with E-state index in [1.54, 1.807) is 12.1 Å². The maximum absolute atomic E-state index is 12.0. The standard InChI is InChI=1S/C13H18BrNO/c1-3-9(4-2)5-13(16)10-6-11(14)8-12(15)7-10/h6-9H,3-5,15H2,1-2H3. The predicted octanol–water partition coefficient (Wildman–Crippen LogP) is 4.04. The van der Waals surface area contributed by atoms with Gasteiger partial charge >= 0.3 is 0 Å². The number of rotatable bonds is 5. The largest absolute Gasteiger partial charge is 0.399 e. The second-order valence-corrected chi connectivity index (χ2v) is 5.00. The molecule has 3 heteroatoms. The van der Waals surface area contributed by atoms with Crippen LogP contribution in [-0.4, -0.2) is 5.78 Å². The van der Waals surface area contributed by atoms with Crippen LogP contribution in [0.1, 0.15) is 43.5 Å². The summed E-state index contributed by atoms with van der Waals surface area (Å²) in [5, 5.41) is 0. The summed E-state index contributed by atoms with van der Waals surface area (Å²) in [4.78, 5) is 12.0. The molecule has 0 heterocycles. The quantitative estimate of drug-likeness (QED) is 0.655. The van der Waals surface area contributed by atoms with E-state index in [1.165, 1.54) is 0 Å². The van der Waals surface area contributed by atoms with Crippen molar-refractivity contribution in [3.05, 3.63) is 28.2 Å². The minimum absolute atomic E-state index is 0.182. The van der Waals surface area contributed by atoms with Crippen LogP contribution < -0.4 is 5.73 Å². The van der Waals surface area contributed by atoms with Crippen LogP contribution in [0.4, 0.5) is 5.69 Å². The zero-order chi connectivity index (χ0) is 12.1. The van der Waals surface area contributed by atoms with Crippen molar-refractivity contribution in [1.29, 1.82) is 0 Å². The average molecular weight is 284 g/mol. The predicted molar refractivity (Wildman–Crippen MR) is 71.6 cm³/mol. The molecule has 0 atom stereocenters. The number of Topliss-reactive ketones (excluding diaryl/α,β-unsaturated/α-hetero) is 1. The number of hydrogen-bond acceptors (Lipinski definition) is 2. The Hall–Kier alpha value is -0.830. The molecule has 0 spiro atoms. The lowest BCUT2D eigenvalue weighted by atomic mass is 9.94. The van der Waals surface area contributed by atoms with Crippen molar-refractivity contribution >= 4 is 27.4 Å². The highest BCUT2D eigenvalue weighted by molar-refractivity contribution is 9.10. The first-order valence-corrected chi connectivity index (χ1v) is 6.45. The van der Waals surface area contributed by atoms with Gasteiger partial charge in [-0.05, 0) is 24.1 Å². The first-order valence-electron chi connectivity index (χ1n) is 5.66. The molecule has 0 radical (unpaired) electrons. The molecule has 88 valence electrons. The Bertz CT molecular complexity index is 352. The summed E-state index contributed by atoms with van der Waals surface area (Å²) in [5.41, 5.74) is 7.05. The maximum Gasteiger partial charge on any atom is 0.163 e. The molecule has 2 nitrogen and oxygen atoms in total. The van der Waals surface area contributed by atoms with Crippen LogP contribution in [0.5, 0.6) is 0 Å². The number of nitrogens with two attached hydrogens (primary N) is 1. The van der Waals surface area contributed by atoms with Crippen LogP contribution in [0.3, 0.4) is 0 Å². The van der Waals surface area contributed by atoms with Crippen molar-refractivity contribution < 1.29 is 4.79 Å². The molecule has 0 fully saturated rings. The number of hydrogen-bond donors (Lipinski definition) is 1. The Labute approximate surface area is 105 Å². The minimum atomic E-state index is 0.182. The van der Waals surface area contributed by atoms with Crippen LogP contribution in [0.25, 0.3) is 0 Å². The van der Waals surface area contributed by atoms with Crippen LogP contribution in [0, 0.1) is 5.92 Å². The molecule has 0 aliphatic carbocycles. The number of carbonyl (C=O) groups is 1. The Morgan fingerprint density at radius 3 is 2.44 bits per heavy atom. The lowest BCUT2D eigenvalue weighted by molar-refractivity contribution is 0.0958. The van der Waals surface area contributed by atoms with E-state index in [1.807, 2.05) is 6.07 Å². The van der Waals surface area contributed by atoms with Crippen molar-refractivity contribution in [2.75, 3.05) is 5.73 Å². The highest BCUT2D eigenvalue weighted by Crippen LogP contribution is 2.21. The van der Waals surface area contributed by atoms with Crippen LogP contribution in [-0.2, 0) is 0 Å². The van der Waals surface area contributed by atoms with Crippen molar-refractivity contribution in [3.63, 3.8) is 0 Å². The van der Waals surface area contributed by atoms with E-state index >= 15 is 0 Å². The van der Waals surface area contributed by atoms with Gasteiger partial charge in [-0.2, -0.15) is 0 Å². The van der Waals surface area contributed by atoms with Gasteiger partial charge in [-0.3, -0.25) is 4.79 Å². The Balaban J connectivity index is 2.80. The summed E-state index contributed by atoms with van der Waals surface area (Å²) in [6.07, 6.45) is 2.71. The van der Waals surface area contributed by atoms with Crippen molar-refractivity contribution in [1.82, 2.24) is 0 Å². The molecule has 2 N–H and O–H groups in total. The van der Waals surface area contributed by atoms with Gasteiger partial charge in [0.25, 0.3) is 0 Å². The van der Waals surface area contributed by atoms with Gasteiger partial charge < -0.3 is 5.73 Å². The number of halogens is 1. The number of ketones is 1. The molecule has 1 aromatic carbocycles. The molecular formula is C13H18BrNO. The highest BCUT2D eigenvalue weighted by Gasteiger charge is 2.13. The zero-order valence-corrected chi connectivity index (χ0v) is 11.4. The van der Waals surface area contributed by atoms with E-state index in [0.29, 0.717) is 23.6 Å².